The van der Waals surface area contributed by atoms with Gasteiger partial charge in [-0.2, -0.15) is 0 Å². The maximum absolute atomic E-state index is 5.32. The van der Waals surface area contributed by atoms with Crippen LogP contribution in [0, 0.1) is 0 Å². The number of methoxy groups -OCH3 is 1. The van der Waals surface area contributed by atoms with E-state index >= 15 is 0 Å². The number of hydrogen-bond acceptors (Lipinski definition) is 4. The number of benzene rings is 1. The number of aromatic nitrogens is 1. The Morgan fingerprint density at radius 3 is 2.57 bits per heavy atom. The molecule has 30 heavy (non-hydrogen) atoms. The zero-order valence-corrected chi connectivity index (χ0v) is 20.3. The Kier molecular flexibility index (Phi) is 10.9. The molecule has 1 atom stereocenters. The average Bonchev–Trinajstić information content (AvgIpc) is 3.29. The fourth-order valence-electron chi connectivity index (χ4n) is 3.70. The Hall–Kier alpha value is -1.87. The predicted molar refractivity (Wildman–Crippen MR) is 134 cm³/mol. The summed E-state index contributed by atoms with van der Waals surface area (Å²) < 4.78 is 5.32. The second kappa shape index (κ2) is 13.4. The smallest absolute Gasteiger partial charge is 0.191 e. The van der Waals surface area contributed by atoms with Crippen LogP contribution < -0.4 is 15.4 Å². The Balaban J connectivity index is 0.00000320. The van der Waals surface area contributed by atoms with E-state index in [1.165, 1.54) is 24.0 Å². The van der Waals surface area contributed by atoms with Crippen LogP contribution in [0.15, 0.2) is 53.8 Å². The van der Waals surface area contributed by atoms with Gasteiger partial charge < -0.3 is 15.4 Å². The van der Waals surface area contributed by atoms with Crippen molar-refractivity contribution >= 4 is 29.9 Å². The summed E-state index contributed by atoms with van der Waals surface area (Å²) in [5.41, 5.74) is 2.52. The average molecular weight is 523 g/mol. The van der Waals surface area contributed by atoms with Crippen LogP contribution in [0.1, 0.15) is 36.9 Å². The zero-order chi connectivity index (χ0) is 20.3. The molecule has 2 aromatic rings. The third-order valence-electron chi connectivity index (χ3n) is 5.28. The number of aliphatic imine (C=N–C) groups is 1. The van der Waals surface area contributed by atoms with Gasteiger partial charge in [-0.25, -0.2) is 0 Å². The normalized spacial score (nSPS) is 15.3. The van der Waals surface area contributed by atoms with Gasteiger partial charge in [0, 0.05) is 25.5 Å². The molecule has 164 valence electrons. The number of halogens is 1. The van der Waals surface area contributed by atoms with Gasteiger partial charge in [-0.05, 0) is 68.6 Å². The molecule has 1 aromatic heterocycles. The van der Waals surface area contributed by atoms with Crippen LogP contribution >= 0.6 is 24.0 Å². The number of hydrogen-bond donors (Lipinski definition) is 2. The predicted octanol–water partition coefficient (Wildman–Crippen LogP) is 3.64. The lowest BCUT2D eigenvalue weighted by molar-refractivity contribution is 0.251. The van der Waals surface area contributed by atoms with Gasteiger partial charge in [0.05, 0.1) is 19.7 Å². The minimum Gasteiger partial charge on any atom is -0.497 e. The molecule has 0 amide bonds. The van der Waals surface area contributed by atoms with Crippen LogP contribution in [-0.2, 0) is 6.42 Å². The first-order valence-electron chi connectivity index (χ1n) is 10.6. The summed E-state index contributed by atoms with van der Waals surface area (Å²) in [6.45, 7) is 6.77. The fourth-order valence-corrected chi connectivity index (χ4v) is 3.70. The molecule has 7 heteroatoms. The SMILES string of the molecule is CCNC(=NCC(c1ccc(OC)cc1)N1CCCC1)NCCc1cccnc1.I. The van der Waals surface area contributed by atoms with Gasteiger partial charge >= 0.3 is 0 Å². The van der Waals surface area contributed by atoms with Gasteiger partial charge in [-0.15, -0.1) is 24.0 Å². The molecule has 0 spiro atoms. The van der Waals surface area contributed by atoms with E-state index in [0.29, 0.717) is 0 Å². The van der Waals surface area contributed by atoms with E-state index in [1.54, 1.807) is 13.3 Å². The molecule has 1 saturated heterocycles. The summed E-state index contributed by atoms with van der Waals surface area (Å²) >= 11 is 0. The quantitative estimate of drug-likeness (QED) is 0.299. The first-order valence-corrected chi connectivity index (χ1v) is 10.6. The maximum atomic E-state index is 5.32. The lowest BCUT2D eigenvalue weighted by Crippen LogP contribution is -2.39. The van der Waals surface area contributed by atoms with E-state index in [2.05, 4.69) is 45.6 Å². The highest BCUT2D eigenvalue weighted by Crippen LogP contribution is 2.27. The van der Waals surface area contributed by atoms with E-state index in [4.69, 9.17) is 9.73 Å². The monoisotopic (exact) mass is 523 g/mol. The standard InChI is InChI=1S/C23H33N5O.HI/c1-3-25-23(26-14-12-19-7-6-13-24-17-19)27-18-22(28-15-4-5-16-28)20-8-10-21(29-2)11-9-20;/h6-11,13,17,22H,3-5,12,14-16,18H2,1-2H3,(H2,25,26,27);1H. The van der Waals surface area contributed by atoms with Gasteiger partial charge in [0.15, 0.2) is 5.96 Å². The molecule has 0 bridgehead atoms. The molecular weight excluding hydrogens is 489 g/mol. The Labute approximate surface area is 197 Å². The molecule has 0 aliphatic carbocycles. The minimum absolute atomic E-state index is 0. The molecule has 1 aromatic carbocycles. The topological polar surface area (TPSA) is 61.8 Å². The summed E-state index contributed by atoms with van der Waals surface area (Å²) in [4.78, 5) is 11.6. The number of rotatable bonds is 9. The van der Waals surface area contributed by atoms with E-state index in [1.807, 2.05) is 24.4 Å². The highest BCUT2D eigenvalue weighted by atomic mass is 127. The summed E-state index contributed by atoms with van der Waals surface area (Å²) in [5.74, 6) is 1.76. The largest absolute Gasteiger partial charge is 0.497 e. The van der Waals surface area contributed by atoms with Crippen molar-refractivity contribution in [2.75, 3.05) is 39.8 Å². The molecule has 1 unspecified atom stereocenters. The lowest BCUT2D eigenvalue weighted by atomic mass is 10.1. The van der Waals surface area contributed by atoms with Gasteiger partial charge in [-0.3, -0.25) is 14.9 Å². The molecule has 2 heterocycles. The van der Waals surface area contributed by atoms with Crippen molar-refractivity contribution in [3.05, 3.63) is 59.9 Å². The third kappa shape index (κ3) is 7.43. The molecular formula is C23H34IN5O. The second-order valence-electron chi connectivity index (χ2n) is 7.29. The summed E-state index contributed by atoms with van der Waals surface area (Å²) in [7, 11) is 1.71. The molecule has 0 radical (unpaired) electrons. The van der Waals surface area contributed by atoms with Crippen molar-refractivity contribution in [3.63, 3.8) is 0 Å². The third-order valence-corrected chi connectivity index (χ3v) is 5.28. The summed E-state index contributed by atoms with van der Waals surface area (Å²) in [5, 5.41) is 6.83. The molecule has 2 N–H and O–H groups in total. The van der Waals surface area contributed by atoms with Gasteiger partial charge in [0.2, 0.25) is 0 Å². The van der Waals surface area contributed by atoms with Gasteiger partial charge in [-0.1, -0.05) is 18.2 Å². The van der Waals surface area contributed by atoms with Crippen molar-refractivity contribution < 1.29 is 4.74 Å². The van der Waals surface area contributed by atoms with E-state index < -0.39 is 0 Å². The first kappa shape index (κ1) is 24.4. The maximum Gasteiger partial charge on any atom is 0.191 e. The van der Waals surface area contributed by atoms with Crippen LogP contribution in [0.4, 0.5) is 0 Å². The van der Waals surface area contributed by atoms with Crippen molar-refractivity contribution in [1.29, 1.82) is 0 Å². The number of ether oxygens (including phenoxy) is 1. The van der Waals surface area contributed by atoms with Gasteiger partial charge in [0.1, 0.15) is 5.75 Å². The minimum atomic E-state index is 0. The fraction of sp³-hybridized carbons (Fsp3) is 0.478. The highest BCUT2D eigenvalue weighted by molar-refractivity contribution is 14.0. The summed E-state index contributed by atoms with van der Waals surface area (Å²) in [6.07, 6.45) is 7.17. The van der Waals surface area contributed by atoms with E-state index in [9.17, 15) is 0 Å². The molecule has 3 rings (SSSR count). The van der Waals surface area contributed by atoms with Crippen LogP contribution in [0.25, 0.3) is 0 Å². The van der Waals surface area contributed by atoms with E-state index in [-0.39, 0.29) is 30.0 Å². The van der Waals surface area contributed by atoms with Crippen LogP contribution in [0.2, 0.25) is 0 Å². The Bertz CT molecular complexity index is 748. The van der Waals surface area contributed by atoms with Crippen molar-refractivity contribution in [3.8, 4) is 5.75 Å². The van der Waals surface area contributed by atoms with Gasteiger partial charge in [0.25, 0.3) is 0 Å². The van der Waals surface area contributed by atoms with E-state index in [0.717, 1.165) is 50.9 Å². The van der Waals surface area contributed by atoms with Crippen LogP contribution in [-0.4, -0.2) is 55.7 Å². The van der Waals surface area contributed by atoms with Crippen molar-refractivity contribution in [2.24, 2.45) is 4.99 Å². The lowest BCUT2D eigenvalue weighted by Gasteiger charge is -2.27. The Morgan fingerprint density at radius 1 is 1.17 bits per heavy atom. The molecule has 6 nitrogen and oxygen atoms in total. The highest BCUT2D eigenvalue weighted by Gasteiger charge is 2.23. The summed E-state index contributed by atoms with van der Waals surface area (Å²) in [6, 6.07) is 12.8. The van der Waals surface area contributed by atoms with Crippen LogP contribution in [0.5, 0.6) is 5.75 Å². The second-order valence-corrected chi connectivity index (χ2v) is 7.29. The molecule has 1 aliphatic heterocycles. The number of nitrogens with zero attached hydrogens (tertiary/aromatic N) is 3. The van der Waals surface area contributed by atoms with Crippen molar-refractivity contribution in [1.82, 2.24) is 20.5 Å². The van der Waals surface area contributed by atoms with Crippen molar-refractivity contribution in [2.45, 2.75) is 32.2 Å². The number of pyridine rings is 1. The number of nitrogens with one attached hydrogen (secondary N) is 2. The number of likely N-dealkylation sites (tertiary alicyclic amines) is 1. The zero-order valence-electron chi connectivity index (χ0n) is 18.0. The molecule has 0 saturated carbocycles. The molecule has 1 aliphatic rings. The molecule has 1 fully saturated rings. The van der Waals surface area contributed by atoms with Crippen LogP contribution in [0.3, 0.4) is 0 Å². The first-order chi connectivity index (χ1) is 14.3. The number of guanidine groups is 1. The Morgan fingerprint density at radius 2 is 1.93 bits per heavy atom.